The van der Waals surface area contributed by atoms with Crippen molar-refractivity contribution < 1.29 is 27.1 Å². The van der Waals surface area contributed by atoms with Gasteiger partial charge in [0.05, 0.1) is 11.6 Å². The van der Waals surface area contributed by atoms with E-state index in [4.69, 9.17) is 20.8 Å². The van der Waals surface area contributed by atoms with Crippen LogP contribution in [0.2, 0.25) is 5.02 Å². The van der Waals surface area contributed by atoms with Crippen molar-refractivity contribution in [1.82, 2.24) is 5.32 Å². The van der Waals surface area contributed by atoms with E-state index < -0.39 is 23.3 Å². The van der Waals surface area contributed by atoms with Gasteiger partial charge in [-0.05, 0) is 36.8 Å². The van der Waals surface area contributed by atoms with Crippen molar-refractivity contribution in [3.05, 3.63) is 75.1 Å². The number of carbonyl (C=O) groups excluding carboxylic acids is 1. The van der Waals surface area contributed by atoms with E-state index >= 15 is 0 Å². The van der Waals surface area contributed by atoms with Crippen molar-refractivity contribution in [3.63, 3.8) is 0 Å². The van der Waals surface area contributed by atoms with E-state index in [2.05, 4.69) is 5.32 Å². The lowest BCUT2D eigenvalue weighted by Crippen LogP contribution is -2.31. The largest absolute Gasteiger partial charge is 0.484 e. The summed E-state index contributed by atoms with van der Waals surface area (Å²) in [4.78, 5) is 23.5. The number of fused-ring (bicyclic) bond motifs is 1. The van der Waals surface area contributed by atoms with Gasteiger partial charge in [-0.1, -0.05) is 23.7 Å². The summed E-state index contributed by atoms with van der Waals surface area (Å²) in [6.07, 6.45) is -4.70. The van der Waals surface area contributed by atoms with Gasteiger partial charge < -0.3 is 14.5 Å². The Labute approximate surface area is 168 Å². The van der Waals surface area contributed by atoms with Gasteiger partial charge in [0.25, 0.3) is 5.91 Å². The Morgan fingerprint density at radius 1 is 1.21 bits per heavy atom. The maximum atomic E-state index is 13.1. The Morgan fingerprint density at radius 2 is 1.97 bits per heavy atom. The Hall–Kier alpha value is -3.00. The summed E-state index contributed by atoms with van der Waals surface area (Å²) in [5.74, 6) is -0.353. The average molecular weight is 426 g/mol. The number of ether oxygens (including phenoxy) is 1. The third-order valence-electron chi connectivity index (χ3n) is 4.12. The van der Waals surface area contributed by atoms with E-state index in [1.54, 1.807) is 31.2 Å². The van der Waals surface area contributed by atoms with E-state index in [-0.39, 0.29) is 29.4 Å². The molecular weight excluding hydrogens is 411 g/mol. The number of hydrogen-bond donors (Lipinski definition) is 1. The molecule has 0 aliphatic heterocycles. The van der Waals surface area contributed by atoms with Crippen molar-refractivity contribution in [2.24, 2.45) is 0 Å². The summed E-state index contributed by atoms with van der Waals surface area (Å²) in [5.41, 5.74) is -1.70. The zero-order valence-corrected chi connectivity index (χ0v) is 15.8. The van der Waals surface area contributed by atoms with Crippen LogP contribution >= 0.6 is 11.6 Å². The Bertz CT molecular complexity index is 1110. The van der Waals surface area contributed by atoms with Gasteiger partial charge in [-0.3, -0.25) is 4.79 Å². The second-order valence-corrected chi connectivity index (χ2v) is 6.70. The quantitative estimate of drug-likeness (QED) is 0.600. The van der Waals surface area contributed by atoms with Crippen molar-refractivity contribution in [3.8, 4) is 5.75 Å². The number of carbonyl (C=O) groups is 1. The SMILES string of the molecule is CC(NC(=O)COc1ccc2c(C(F)(F)F)cc(=O)oc2c1)c1cccc(Cl)c1. The number of alkyl halides is 3. The Kier molecular flexibility index (Phi) is 5.83. The molecule has 0 aliphatic carbocycles. The number of amides is 1. The predicted molar refractivity (Wildman–Crippen MR) is 101 cm³/mol. The monoisotopic (exact) mass is 425 g/mol. The number of nitrogens with one attached hydrogen (secondary N) is 1. The Balaban J connectivity index is 1.70. The molecule has 1 aromatic heterocycles. The zero-order valence-electron chi connectivity index (χ0n) is 15.0. The van der Waals surface area contributed by atoms with Gasteiger partial charge in [-0.25, -0.2) is 4.79 Å². The highest BCUT2D eigenvalue weighted by molar-refractivity contribution is 6.30. The highest BCUT2D eigenvalue weighted by Gasteiger charge is 2.33. The van der Waals surface area contributed by atoms with Crippen LogP contribution in [-0.4, -0.2) is 12.5 Å². The average Bonchev–Trinajstić information content (AvgIpc) is 2.64. The summed E-state index contributed by atoms with van der Waals surface area (Å²) in [6, 6.07) is 10.6. The summed E-state index contributed by atoms with van der Waals surface area (Å²) >= 11 is 5.93. The summed E-state index contributed by atoms with van der Waals surface area (Å²) < 4.78 is 49.3. The fourth-order valence-corrected chi connectivity index (χ4v) is 2.96. The molecule has 0 saturated heterocycles. The number of rotatable bonds is 5. The first-order valence-corrected chi connectivity index (χ1v) is 8.84. The second-order valence-electron chi connectivity index (χ2n) is 6.27. The topological polar surface area (TPSA) is 68.5 Å². The molecule has 29 heavy (non-hydrogen) atoms. The molecule has 152 valence electrons. The third-order valence-corrected chi connectivity index (χ3v) is 4.35. The van der Waals surface area contributed by atoms with Crippen LogP contribution in [0.3, 0.4) is 0 Å². The van der Waals surface area contributed by atoms with Gasteiger partial charge in [0, 0.05) is 22.5 Å². The molecule has 3 rings (SSSR count). The smallest absolute Gasteiger partial charge is 0.417 e. The van der Waals surface area contributed by atoms with Crippen LogP contribution in [-0.2, 0) is 11.0 Å². The maximum Gasteiger partial charge on any atom is 0.417 e. The van der Waals surface area contributed by atoms with Gasteiger partial charge in [-0.2, -0.15) is 13.2 Å². The predicted octanol–water partition coefficient (Wildman–Crippen LogP) is 4.72. The zero-order chi connectivity index (χ0) is 21.2. The molecule has 0 fully saturated rings. The van der Waals surface area contributed by atoms with E-state index in [0.717, 1.165) is 17.7 Å². The first-order valence-electron chi connectivity index (χ1n) is 8.46. The number of hydrogen-bond acceptors (Lipinski definition) is 4. The summed E-state index contributed by atoms with van der Waals surface area (Å²) in [7, 11) is 0. The first-order chi connectivity index (χ1) is 13.6. The fourth-order valence-electron chi connectivity index (χ4n) is 2.76. The van der Waals surface area contributed by atoms with Gasteiger partial charge >= 0.3 is 11.8 Å². The molecule has 1 atom stereocenters. The van der Waals surface area contributed by atoms with Crippen LogP contribution in [0.5, 0.6) is 5.75 Å². The van der Waals surface area contributed by atoms with E-state index in [1.807, 2.05) is 0 Å². The van der Waals surface area contributed by atoms with Gasteiger partial charge in [0.15, 0.2) is 6.61 Å². The van der Waals surface area contributed by atoms with Gasteiger partial charge in [0.2, 0.25) is 0 Å². The van der Waals surface area contributed by atoms with Crippen molar-refractivity contribution in [2.75, 3.05) is 6.61 Å². The minimum Gasteiger partial charge on any atom is -0.484 e. The molecule has 3 aromatic rings. The molecule has 0 aliphatic rings. The highest BCUT2D eigenvalue weighted by Crippen LogP contribution is 2.34. The molecule has 1 unspecified atom stereocenters. The van der Waals surface area contributed by atoms with Crippen LogP contribution in [0.25, 0.3) is 11.0 Å². The molecule has 9 heteroatoms. The van der Waals surface area contributed by atoms with E-state index in [9.17, 15) is 22.8 Å². The van der Waals surface area contributed by atoms with Crippen LogP contribution in [0.4, 0.5) is 13.2 Å². The lowest BCUT2D eigenvalue weighted by molar-refractivity contribution is -0.136. The molecule has 1 N–H and O–H groups in total. The third kappa shape index (κ3) is 5.08. The van der Waals surface area contributed by atoms with Gasteiger partial charge in [-0.15, -0.1) is 0 Å². The molecule has 2 aromatic carbocycles. The second kappa shape index (κ2) is 8.16. The highest BCUT2D eigenvalue weighted by atomic mass is 35.5. The minimum absolute atomic E-state index is 0.0885. The van der Waals surface area contributed by atoms with E-state index in [1.165, 1.54) is 6.07 Å². The minimum atomic E-state index is -4.70. The lowest BCUT2D eigenvalue weighted by atomic mass is 10.1. The normalized spacial score (nSPS) is 12.6. The summed E-state index contributed by atoms with van der Waals surface area (Å²) in [6.45, 7) is 1.40. The molecule has 0 radical (unpaired) electrons. The van der Waals surface area contributed by atoms with Gasteiger partial charge in [0.1, 0.15) is 11.3 Å². The van der Waals surface area contributed by atoms with Crippen molar-refractivity contribution >= 4 is 28.5 Å². The number of halogens is 4. The van der Waals surface area contributed by atoms with Crippen molar-refractivity contribution in [2.45, 2.75) is 19.1 Å². The molecule has 5 nitrogen and oxygen atoms in total. The number of benzene rings is 2. The molecular formula is C20H15ClF3NO4. The van der Waals surface area contributed by atoms with Crippen LogP contribution in [0, 0.1) is 0 Å². The van der Waals surface area contributed by atoms with Crippen LogP contribution < -0.4 is 15.7 Å². The molecule has 1 amide bonds. The molecule has 0 saturated carbocycles. The lowest BCUT2D eigenvalue weighted by Gasteiger charge is -2.15. The van der Waals surface area contributed by atoms with E-state index in [0.29, 0.717) is 11.1 Å². The molecule has 1 heterocycles. The standard InChI is InChI=1S/C20H15ClF3NO4/c1-11(12-3-2-4-13(21)7-12)25-18(26)10-28-14-5-6-15-16(20(22,23)24)9-19(27)29-17(15)8-14/h2-9,11H,10H2,1H3,(H,25,26). The maximum absolute atomic E-state index is 13.1. The molecule has 0 bridgehead atoms. The Morgan fingerprint density at radius 3 is 2.66 bits per heavy atom. The first kappa shape index (κ1) is 20.7. The summed E-state index contributed by atoms with van der Waals surface area (Å²) in [5, 5.41) is 2.99. The molecule has 0 spiro atoms. The van der Waals surface area contributed by atoms with Crippen LogP contribution in [0.15, 0.2) is 57.7 Å². The fraction of sp³-hybridized carbons (Fsp3) is 0.200. The van der Waals surface area contributed by atoms with Crippen molar-refractivity contribution in [1.29, 1.82) is 0 Å². The van der Waals surface area contributed by atoms with Crippen LogP contribution in [0.1, 0.15) is 24.1 Å².